The molecule has 236 valence electrons. The molecule has 1 saturated carbocycles. The van der Waals surface area contributed by atoms with Crippen molar-refractivity contribution in [3.63, 3.8) is 0 Å². The van der Waals surface area contributed by atoms with Crippen molar-refractivity contribution in [2.24, 2.45) is 5.92 Å². The average molecular weight is 593 g/mol. The van der Waals surface area contributed by atoms with Gasteiger partial charge in [0.2, 0.25) is 0 Å². The molecule has 0 unspecified atom stereocenters. The van der Waals surface area contributed by atoms with Crippen LogP contribution in [0.25, 0.3) is 0 Å². The summed E-state index contributed by atoms with van der Waals surface area (Å²) in [6.07, 6.45) is 18.1. The van der Waals surface area contributed by atoms with Crippen molar-refractivity contribution in [1.82, 2.24) is 20.5 Å². The number of piperidine rings is 1. The van der Waals surface area contributed by atoms with Crippen LogP contribution in [0.3, 0.4) is 0 Å². The van der Waals surface area contributed by atoms with Crippen LogP contribution in [-0.2, 0) is 13.0 Å². The predicted octanol–water partition coefficient (Wildman–Crippen LogP) is 6.39. The van der Waals surface area contributed by atoms with Gasteiger partial charge in [0, 0.05) is 43.8 Å². The lowest BCUT2D eigenvalue weighted by molar-refractivity contribution is 0.0679. The first kappa shape index (κ1) is 31.4. The number of aromatic amines is 1. The molecule has 0 radical (unpaired) electrons. The number of rotatable bonds is 9. The van der Waals surface area contributed by atoms with Crippen molar-refractivity contribution < 1.29 is 19.1 Å². The lowest BCUT2D eigenvalue weighted by atomic mass is 9.79. The minimum Gasteiger partial charge on any atom is -0.496 e. The predicted molar refractivity (Wildman–Crippen MR) is 170 cm³/mol. The molecule has 1 saturated heterocycles. The van der Waals surface area contributed by atoms with Gasteiger partial charge in [0.15, 0.2) is 0 Å². The molecule has 0 bridgehead atoms. The first-order valence-corrected chi connectivity index (χ1v) is 16.8. The quantitative estimate of drug-likeness (QED) is 0.293. The largest absolute Gasteiger partial charge is 0.496 e. The molecular formula is C35H52N4O4. The molecule has 1 spiro atoms. The number of amides is 2. The van der Waals surface area contributed by atoms with Crippen molar-refractivity contribution in [2.75, 3.05) is 33.9 Å². The van der Waals surface area contributed by atoms with Gasteiger partial charge in [-0.05, 0) is 61.8 Å². The third-order valence-electron chi connectivity index (χ3n) is 10.1. The van der Waals surface area contributed by atoms with Gasteiger partial charge in [-0.15, -0.1) is 0 Å². The summed E-state index contributed by atoms with van der Waals surface area (Å²) in [5.74, 6) is 1.69. The number of H-pyrrole nitrogens is 1. The SMILES string of the molecule is COc1cccc(OC)c1C(=O)N1CCC(CCCCNC(=O)c2cc3c([nH]2)CC2(CCCCCCCCC2)NC3)CC1. The van der Waals surface area contributed by atoms with E-state index < -0.39 is 0 Å². The number of fused-ring (bicyclic) bond motifs is 1. The van der Waals surface area contributed by atoms with Gasteiger partial charge in [0.25, 0.3) is 11.8 Å². The third kappa shape index (κ3) is 7.94. The summed E-state index contributed by atoms with van der Waals surface area (Å²) < 4.78 is 10.9. The average Bonchev–Trinajstić information content (AvgIpc) is 3.47. The molecule has 8 nitrogen and oxygen atoms in total. The van der Waals surface area contributed by atoms with Gasteiger partial charge in [0.1, 0.15) is 22.8 Å². The van der Waals surface area contributed by atoms with Crippen LogP contribution in [0.15, 0.2) is 24.3 Å². The highest BCUT2D eigenvalue weighted by molar-refractivity contribution is 5.99. The van der Waals surface area contributed by atoms with Gasteiger partial charge in [0.05, 0.1) is 14.2 Å². The first-order valence-electron chi connectivity index (χ1n) is 16.8. The number of hydrogen-bond donors (Lipinski definition) is 3. The Morgan fingerprint density at radius 3 is 2.26 bits per heavy atom. The second-order valence-corrected chi connectivity index (χ2v) is 13.0. The van der Waals surface area contributed by atoms with E-state index >= 15 is 0 Å². The summed E-state index contributed by atoms with van der Waals surface area (Å²) in [4.78, 5) is 31.7. The molecule has 0 atom stereocenters. The van der Waals surface area contributed by atoms with E-state index in [2.05, 4.69) is 21.7 Å². The number of aromatic nitrogens is 1. The Balaban J connectivity index is 1.02. The Morgan fingerprint density at radius 2 is 1.60 bits per heavy atom. The van der Waals surface area contributed by atoms with Crippen molar-refractivity contribution >= 4 is 11.8 Å². The monoisotopic (exact) mass is 592 g/mol. The number of likely N-dealkylation sites (tertiary alicyclic amines) is 1. The van der Waals surface area contributed by atoms with E-state index in [1.54, 1.807) is 26.4 Å². The molecular weight excluding hydrogens is 540 g/mol. The Bertz CT molecular complexity index is 1180. The highest BCUT2D eigenvalue weighted by atomic mass is 16.5. The van der Waals surface area contributed by atoms with Crippen molar-refractivity contribution in [2.45, 2.75) is 108 Å². The van der Waals surface area contributed by atoms with Crippen molar-refractivity contribution in [3.8, 4) is 11.5 Å². The molecule has 43 heavy (non-hydrogen) atoms. The molecule has 3 aliphatic rings. The van der Waals surface area contributed by atoms with E-state index in [9.17, 15) is 9.59 Å². The number of carbonyl (C=O) groups is 2. The summed E-state index contributed by atoms with van der Waals surface area (Å²) in [6, 6.07) is 7.50. The van der Waals surface area contributed by atoms with Gasteiger partial charge in [-0.3, -0.25) is 9.59 Å². The zero-order chi connectivity index (χ0) is 30.1. The van der Waals surface area contributed by atoms with Crippen molar-refractivity contribution in [3.05, 3.63) is 46.8 Å². The van der Waals surface area contributed by atoms with Crippen LogP contribution >= 0.6 is 0 Å². The number of hydrogen-bond acceptors (Lipinski definition) is 5. The van der Waals surface area contributed by atoms with E-state index in [0.717, 1.165) is 58.2 Å². The summed E-state index contributed by atoms with van der Waals surface area (Å²) in [6.45, 7) is 3.04. The molecule has 3 heterocycles. The molecule has 2 aliphatic heterocycles. The first-order chi connectivity index (χ1) is 21.0. The number of unbranched alkanes of at least 4 members (excludes halogenated alkanes) is 1. The van der Waals surface area contributed by atoms with Gasteiger partial charge in [-0.1, -0.05) is 63.9 Å². The van der Waals surface area contributed by atoms with Gasteiger partial charge in [-0.2, -0.15) is 0 Å². The Morgan fingerprint density at radius 1 is 0.953 bits per heavy atom. The molecule has 3 N–H and O–H groups in total. The summed E-state index contributed by atoms with van der Waals surface area (Å²) in [5.41, 5.74) is 3.91. The summed E-state index contributed by atoms with van der Waals surface area (Å²) in [5, 5.41) is 7.04. The maximum absolute atomic E-state index is 13.3. The zero-order valence-corrected chi connectivity index (χ0v) is 26.4. The van der Waals surface area contributed by atoms with E-state index in [-0.39, 0.29) is 17.4 Å². The maximum atomic E-state index is 13.3. The number of ether oxygens (including phenoxy) is 2. The second kappa shape index (κ2) is 15.1. The van der Waals surface area contributed by atoms with Crippen LogP contribution in [0.2, 0.25) is 0 Å². The molecule has 2 aromatic rings. The van der Waals surface area contributed by atoms with E-state index in [1.807, 2.05) is 11.0 Å². The lowest BCUT2D eigenvalue weighted by Gasteiger charge is -2.39. The normalized spacial score (nSPS) is 19.4. The zero-order valence-electron chi connectivity index (χ0n) is 26.4. The topological polar surface area (TPSA) is 95.7 Å². The molecule has 2 amide bonds. The lowest BCUT2D eigenvalue weighted by Crippen LogP contribution is -2.49. The minimum atomic E-state index is -0.0250. The smallest absolute Gasteiger partial charge is 0.267 e. The Kier molecular flexibility index (Phi) is 11.1. The van der Waals surface area contributed by atoms with Crippen LogP contribution < -0.4 is 20.1 Å². The van der Waals surface area contributed by atoms with Gasteiger partial charge < -0.3 is 30.0 Å². The van der Waals surface area contributed by atoms with Crippen LogP contribution in [0, 0.1) is 5.92 Å². The molecule has 1 aromatic carbocycles. The molecule has 1 aromatic heterocycles. The van der Waals surface area contributed by atoms with Crippen LogP contribution in [0.1, 0.15) is 122 Å². The van der Waals surface area contributed by atoms with E-state index in [4.69, 9.17) is 9.47 Å². The van der Waals surface area contributed by atoms with Gasteiger partial charge in [-0.25, -0.2) is 0 Å². The van der Waals surface area contributed by atoms with Crippen LogP contribution in [0.5, 0.6) is 11.5 Å². The number of benzene rings is 1. The molecule has 1 aliphatic carbocycles. The highest BCUT2D eigenvalue weighted by Crippen LogP contribution is 2.34. The van der Waals surface area contributed by atoms with Crippen LogP contribution in [-0.4, -0.2) is 61.1 Å². The standard InChI is InChI=1S/C35H52N4O4/c1-42-30-14-12-15-31(43-2)32(30)34(41)39-21-16-26(17-22-39)13-8-11-20-36-33(40)28-23-27-25-37-35(24-29(27)38-28)18-9-6-4-3-5-7-10-19-35/h12,14-15,23,26,37-38H,3-11,13,16-22,24-25H2,1-2H3,(H,36,40). The van der Waals surface area contributed by atoms with Gasteiger partial charge >= 0.3 is 0 Å². The minimum absolute atomic E-state index is 0.00740. The number of nitrogens with zero attached hydrogens (tertiary/aromatic N) is 1. The molecule has 8 heteroatoms. The fraction of sp³-hybridized carbons (Fsp3) is 0.657. The Labute approximate surface area is 257 Å². The highest BCUT2D eigenvalue weighted by Gasteiger charge is 2.35. The number of methoxy groups -OCH3 is 2. The number of nitrogens with one attached hydrogen (secondary N) is 3. The maximum Gasteiger partial charge on any atom is 0.267 e. The molecule has 2 fully saturated rings. The third-order valence-corrected chi connectivity index (χ3v) is 10.1. The van der Waals surface area contributed by atoms with E-state index in [1.165, 1.54) is 69.0 Å². The molecule has 5 rings (SSSR count). The second-order valence-electron chi connectivity index (χ2n) is 13.0. The fourth-order valence-corrected chi connectivity index (χ4v) is 7.45. The van der Waals surface area contributed by atoms with Crippen LogP contribution in [0.4, 0.5) is 0 Å². The number of carbonyl (C=O) groups excluding carboxylic acids is 2. The van der Waals surface area contributed by atoms with Crippen molar-refractivity contribution in [1.29, 1.82) is 0 Å². The Hall–Kier alpha value is -3.00. The summed E-state index contributed by atoms with van der Waals surface area (Å²) in [7, 11) is 3.16. The fourth-order valence-electron chi connectivity index (χ4n) is 7.45. The summed E-state index contributed by atoms with van der Waals surface area (Å²) >= 11 is 0. The van der Waals surface area contributed by atoms with E-state index in [0.29, 0.717) is 35.2 Å².